The van der Waals surface area contributed by atoms with Gasteiger partial charge in [-0.2, -0.15) is 10.5 Å². The Bertz CT molecular complexity index is 2590. The Morgan fingerprint density at radius 1 is 0.711 bits per heavy atom. The van der Waals surface area contributed by atoms with Crippen LogP contribution in [0.1, 0.15) is 48.9 Å². The summed E-state index contributed by atoms with van der Waals surface area (Å²) in [6, 6.07) is 36.5. The Morgan fingerprint density at radius 3 is 2.38 bits per heavy atom. The Morgan fingerprint density at radius 2 is 1.51 bits per heavy atom. The maximum Gasteiger partial charge on any atom is 0.0992 e. The normalized spacial score (nSPS) is 15.1. The molecule has 5 aromatic carbocycles. The zero-order valence-electron chi connectivity index (χ0n) is 25.0. The number of thiophene rings is 1. The van der Waals surface area contributed by atoms with Gasteiger partial charge >= 0.3 is 0 Å². The number of nitriles is 2. The highest BCUT2D eigenvalue weighted by Gasteiger charge is 2.37. The highest BCUT2D eigenvalue weighted by molar-refractivity contribution is 7.26. The van der Waals surface area contributed by atoms with E-state index in [4.69, 9.17) is 0 Å². The minimum atomic E-state index is -0.00295. The first kappa shape index (κ1) is 26.0. The maximum absolute atomic E-state index is 10.0. The van der Waals surface area contributed by atoms with Crippen molar-refractivity contribution in [2.75, 3.05) is 0 Å². The highest BCUT2D eigenvalue weighted by Crippen LogP contribution is 2.53. The zero-order valence-corrected chi connectivity index (χ0v) is 25.8. The zero-order chi connectivity index (χ0) is 30.4. The summed E-state index contributed by atoms with van der Waals surface area (Å²) in [4.78, 5) is 0. The molecule has 0 fully saturated rings. The SMILES string of the molecule is CC1(C)C2=C(CCC=C2)c2cc3c(cc21)sc1cccc(-c2ccc(C#N)cc2-n2c4ccccc4c4cc(C#N)ccc42)c13. The molecule has 3 nitrogen and oxygen atoms in total. The van der Waals surface area contributed by atoms with E-state index in [0.717, 1.165) is 51.5 Å². The lowest BCUT2D eigenvalue weighted by Crippen LogP contribution is -2.16. The van der Waals surface area contributed by atoms with Crippen LogP contribution in [0.3, 0.4) is 0 Å². The summed E-state index contributed by atoms with van der Waals surface area (Å²) in [7, 11) is 0. The van der Waals surface area contributed by atoms with E-state index in [1.54, 1.807) is 0 Å². The molecule has 0 saturated carbocycles. The molecule has 4 heteroatoms. The maximum atomic E-state index is 10.0. The van der Waals surface area contributed by atoms with Gasteiger partial charge in [0.1, 0.15) is 0 Å². The summed E-state index contributed by atoms with van der Waals surface area (Å²) in [5.41, 5.74) is 12.3. The van der Waals surface area contributed by atoms with E-state index in [0.29, 0.717) is 11.1 Å². The second-order valence-corrected chi connectivity index (χ2v) is 13.8. The first-order valence-electron chi connectivity index (χ1n) is 15.4. The van der Waals surface area contributed by atoms with Gasteiger partial charge in [-0.3, -0.25) is 0 Å². The van der Waals surface area contributed by atoms with E-state index >= 15 is 0 Å². The van der Waals surface area contributed by atoms with Crippen molar-refractivity contribution in [2.24, 2.45) is 0 Å². The van der Waals surface area contributed by atoms with Crippen LogP contribution in [0, 0.1) is 22.7 Å². The Balaban J connectivity index is 1.37. The number of allylic oxidation sites excluding steroid dienone is 4. The number of aromatic nitrogens is 1. The smallest absolute Gasteiger partial charge is 0.0992 e. The molecule has 0 unspecified atom stereocenters. The first-order chi connectivity index (χ1) is 22.0. The van der Waals surface area contributed by atoms with Crippen LogP contribution in [0.25, 0.3) is 64.4 Å². The molecular weight excluding hydrogens is 567 g/mol. The van der Waals surface area contributed by atoms with Gasteiger partial charge in [-0.1, -0.05) is 62.4 Å². The van der Waals surface area contributed by atoms with Crippen LogP contribution in [0.4, 0.5) is 0 Å². The van der Waals surface area contributed by atoms with E-state index < -0.39 is 0 Å². The molecule has 7 aromatic rings. The molecule has 0 saturated heterocycles. The molecular formula is C41H27N3S. The van der Waals surface area contributed by atoms with Gasteiger partial charge < -0.3 is 4.57 Å². The van der Waals surface area contributed by atoms with Crippen LogP contribution in [0.5, 0.6) is 0 Å². The van der Waals surface area contributed by atoms with E-state index in [9.17, 15) is 10.5 Å². The average molecular weight is 594 g/mol. The van der Waals surface area contributed by atoms with Crippen molar-refractivity contribution in [3.05, 3.63) is 131 Å². The second-order valence-electron chi connectivity index (χ2n) is 12.7. The number of benzene rings is 5. The molecule has 212 valence electrons. The molecule has 0 amide bonds. The van der Waals surface area contributed by atoms with Crippen LogP contribution in [0.2, 0.25) is 0 Å². The lowest BCUT2D eigenvalue weighted by molar-refractivity contribution is 0.652. The summed E-state index contributed by atoms with van der Waals surface area (Å²) < 4.78 is 4.84. The van der Waals surface area contributed by atoms with E-state index in [1.165, 1.54) is 42.4 Å². The largest absolute Gasteiger partial charge is 0.309 e. The fraction of sp³-hybridized carbons (Fsp3) is 0.122. The first-order valence-corrected chi connectivity index (χ1v) is 16.2. The third kappa shape index (κ3) is 3.55. The van der Waals surface area contributed by atoms with Crippen molar-refractivity contribution in [1.82, 2.24) is 4.57 Å². The molecule has 45 heavy (non-hydrogen) atoms. The minimum absolute atomic E-state index is 0.00295. The molecule has 0 radical (unpaired) electrons. The van der Waals surface area contributed by atoms with Gasteiger partial charge in [0.05, 0.1) is 40.0 Å². The summed E-state index contributed by atoms with van der Waals surface area (Å²) >= 11 is 1.86. The third-order valence-electron chi connectivity index (χ3n) is 9.94. The van der Waals surface area contributed by atoms with Crippen LogP contribution < -0.4 is 0 Å². The quantitative estimate of drug-likeness (QED) is 0.200. The Labute approximate surface area is 265 Å². The predicted octanol–water partition coefficient (Wildman–Crippen LogP) is 11.0. The Hall–Kier alpha value is -5.42. The third-order valence-corrected chi connectivity index (χ3v) is 11.1. The van der Waals surface area contributed by atoms with Crippen molar-refractivity contribution in [1.29, 1.82) is 10.5 Å². The van der Waals surface area contributed by atoms with Gasteiger partial charge in [0.15, 0.2) is 0 Å². The van der Waals surface area contributed by atoms with Gasteiger partial charge in [0, 0.05) is 41.9 Å². The van der Waals surface area contributed by atoms with Gasteiger partial charge in [0.25, 0.3) is 0 Å². The monoisotopic (exact) mass is 593 g/mol. The highest BCUT2D eigenvalue weighted by atomic mass is 32.1. The number of para-hydroxylation sites is 1. The number of hydrogen-bond acceptors (Lipinski definition) is 3. The predicted molar refractivity (Wildman–Crippen MR) is 187 cm³/mol. The fourth-order valence-electron chi connectivity index (χ4n) is 7.85. The second kappa shape index (κ2) is 9.29. The van der Waals surface area contributed by atoms with Crippen molar-refractivity contribution in [3.8, 4) is 29.0 Å². The van der Waals surface area contributed by atoms with Crippen LogP contribution in [0.15, 0.2) is 109 Å². The van der Waals surface area contributed by atoms with Gasteiger partial charge in [-0.05, 0) is 95.3 Å². The molecule has 2 aliphatic rings. The van der Waals surface area contributed by atoms with Crippen LogP contribution in [-0.4, -0.2) is 4.57 Å². The topological polar surface area (TPSA) is 52.5 Å². The van der Waals surface area contributed by atoms with Gasteiger partial charge in [-0.15, -0.1) is 11.3 Å². The lowest BCUT2D eigenvalue weighted by atomic mass is 9.80. The molecule has 0 aliphatic heterocycles. The van der Waals surface area contributed by atoms with Crippen LogP contribution >= 0.6 is 11.3 Å². The number of rotatable bonds is 2. The lowest BCUT2D eigenvalue weighted by Gasteiger charge is -2.23. The molecule has 0 atom stereocenters. The molecule has 0 bridgehead atoms. The molecule has 2 aromatic heterocycles. The van der Waals surface area contributed by atoms with Crippen molar-refractivity contribution >= 4 is 58.9 Å². The molecule has 0 spiro atoms. The number of hydrogen-bond donors (Lipinski definition) is 0. The number of nitrogens with zero attached hydrogens (tertiary/aromatic N) is 3. The van der Waals surface area contributed by atoms with Crippen molar-refractivity contribution in [2.45, 2.75) is 32.1 Å². The van der Waals surface area contributed by atoms with Crippen molar-refractivity contribution in [3.63, 3.8) is 0 Å². The molecule has 0 N–H and O–H groups in total. The van der Waals surface area contributed by atoms with E-state index in [-0.39, 0.29) is 5.41 Å². The molecule has 2 heterocycles. The number of fused-ring (bicyclic) bond motifs is 8. The van der Waals surface area contributed by atoms with Crippen molar-refractivity contribution < 1.29 is 0 Å². The van der Waals surface area contributed by atoms with Gasteiger partial charge in [0.2, 0.25) is 0 Å². The van der Waals surface area contributed by atoms with Crippen LogP contribution in [-0.2, 0) is 5.41 Å². The summed E-state index contributed by atoms with van der Waals surface area (Å²) in [5.74, 6) is 0. The average Bonchev–Trinajstić information content (AvgIpc) is 3.69. The van der Waals surface area contributed by atoms with Gasteiger partial charge in [-0.25, -0.2) is 0 Å². The summed E-state index contributed by atoms with van der Waals surface area (Å²) in [5, 5.41) is 24.4. The molecule has 2 aliphatic carbocycles. The van der Waals surface area contributed by atoms with E-state index in [2.05, 4.69) is 97.3 Å². The van der Waals surface area contributed by atoms with E-state index in [1.807, 2.05) is 47.7 Å². The molecule has 9 rings (SSSR count). The fourth-order valence-corrected chi connectivity index (χ4v) is 9.01. The Kier molecular flexibility index (Phi) is 5.37. The minimum Gasteiger partial charge on any atom is -0.309 e. The standard InChI is InChI=1S/C41H27N3S/c1-41(2)33-11-5-3-8-26(33)30-20-32-39(21-34(30)41)45-38-13-7-10-29(40(32)38)28-16-14-25(23-43)19-37(28)44-35-12-6-4-9-27(35)31-18-24(22-42)15-17-36(31)44/h4-7,9-21H,3,8H2,1-2H3. The summed E-state index contributed by atoms with van der Waals surface area (Å²) in [6.45, 7) is 4.73. The summed E-state index contributed by atoms with van der Waals surface area (Å²) in [6.07, 6.45) is 6.85.